The Labute approximate surface area is 101 Å². The lowest BCUT2D eigenvalue weighted by atomic mass is 10.3. The molecule has 0 bridgehead atoms. The maximum Gasteiger partial charge on any atom is 0.121 e. The summed E-state index contributed by atoms with van der Waals surface area (Å²) in [6.45, 7) is 3.13. The molecule has 17 heavy (non-hydrogen) atoms. The first kappa shape index (κ1) is 11.7. The van der Waals surface area contributed by atoms with Gasteiger partial charge in [-0.3, -0.25) is 0 Å². The van der Waals surface area contributed by atoms with Crippen LogP contribution in [-0.4, -0.2) is 21.3 Å². The van der Waals surface area contributed by atoms with Crippen LogP contribution in [0.2, 0.25) is 0 Å². The summed E-state index contributed by atoms with van der Waals surface area (Å²) < 4.78 is 2.18. The molecule has 1 N–H and O–H groups in total. The first-order chi connectivity index (χ1) is 8.36. The van der Waals surface area contributed by atoms with Crippen LogP contribution in [0.3, 0.4) is 0 Å². The molecule has 0 atom stereocenters. The zero-order valence-corrected chi connectivity index (χ0v) is 9.98. The van der Waals surface area contributed by atoms with Crippen molar-refractivity contribution in [2.45, 2.75) is 26.3 Å². The maximum absolute atomic E-state index is 8.66. The van der Waals surface area contributed by atoms with Gasteiger partial charge < -0.3 is 9.67 Å². The Kier molecular flexibility index (Phi) is 3.79. The minimum Gasteiger partial charge on any atom is -0.395 e. The number of aliphatic hydroxyl groups is 1. The molecule has 3 nitrogen and oxygen atoms in total. The quantitative estimate of drug-likeness (QED) is 0.816. The Morgan fingerprint density at radius 2 is 2.12 bits per heavy atom. The zero-order chi connectivity index (χ0) is 12.1. The third-order valence-corrected chi connectivity index (χ3v) is 2.66. The van der Waals surface area contributed by atoms with E-state index in [1.54, 1.807) is 0 Å². The molecule has 2 aromatic rings. The number of hydrogen-bond donors (Lipinski definition) is 1. The fraction of sp³-hybridized carbons (Fsp3) is 0.357. The number of nitrogens with zero attached hydrogens (tertiary/aromatic N) is 2. The van der Waals surface area contributed by atoms with Crippen molar-refractivity contribution >= 4 is 11.0 Å². The highest BCUT2D eigenvalue weighted by atomic mass is 16.2. The lowest BCUT2D eigenvalue weighted by Crippen LogP contribution is -2.00. The van der Waals surface area contributed by atoms with Gasteiger partial charge >= 0.3 is 0 Å². The van der Waals surface area contributed by atoms with Crippen molar-refractivity contribution in [3.63, 3.8) is 0 Å². The normalized spacial score (nSPS) is 10.2. The second kappa shape index (κ2) is 5.51. The minimum atomic E-state index is 0.122. The van der Waals surface area contributed by atoms with Crippen molar-refractivity contribution in [3.8, 4) is 11.8 Å². The SMILES string of the molecule is CCn1c(CC#CCCO)nc2ccccc21. The van der Waals surface area contributed by atoms with Crippen molar-refractivity contribution in [2.75, 3.05) is 6.61 Å². The summed E-state index contributed by atoms with van der Waals surface area (Å²) in [4.78, 5) is 4.58. The van der Waals surface area contributed by atoms with E-state index in [9.17, 15) is 0 Å². The van der Waals surface area contributed by atoms with Crippen molar-refractivity contribution in [1.29, 1.82) is 0 Å². The third-order valence-electron chi connectivity index (χ3n) is 2.66. The molecule has 1 aromatic carbocycles. The van der Waals surface area contributed by atoms with E-state index in [4.69, 9.17) is 5.11 Å². The van der Waals surface area contributed by atoms with Gasteiger partial charge in [0, 0.05) is 13.0 Å². The number of rotatable bonds is 3. The highest BCUT2D eigenvalue weighted by Gasteiger charge is 2.06. The van der Waals surface area contributed by atoms with Crippen LogP contribution in [0, 0.1) is 11.8 Å². The number of aromatic nitrogens is 2. The van der Waals surface area contributed by atoms with E-state index in [2.05, 4.69) is 34.4 Å². The van der Waals surface area contributed by atoms with Gasteiger partial charge in [0.05, 0.1) is 24.1 Å². The molecule has 0 fully saturated rings. The molecule has 1 aromatic heterocycles. The summed E-state index contributed by atoms with van der Waals surface area (Å²) in [5.41, 5.74) is 2.18. The molecule has 0 aliphatic heterocycles. The van der Waals surface area contributed by atoms with Crippen LogP contribution in [0.5, 0.6) is 0 Å². The van der Waals surface area contributed by atoms with Gasteiger partial charge in [-0.15, -0.1) is 5.92 Å². The van der Waals surface area contributed by atoms with Crippen LogP contribution in [0.15, 0.2) is 24.3 Å². The average molecular weight is 228 g/mol. The smallest absolute Gasteiger partial charge is 0.121 e. The Bertz CT molecular complexity index is 560. The molecule has 0 saturated heterocycles. The van der Waals surface area contributed by atoms with Crippen LogP contribution < -0.4 is 0 Å². The zero-order valence-electron chi connectivity index (χ0n) is 9.98. The second-order valence-electron chi connectivity index (χ2n) is 3.76. The van der Waals surface area contributed by atoms with E-state index in [-0.39, 0.29) is 6.61 Å². The monoisotopic (exact) mass is 228 g/mol. The van der Waals surface area contributed by atoms with Crippen molar-refractivity contribution in [3.05, 3.63) is 30.1 Å². The molecule has 3 heteroatoms. The van der Waals surface area contributed by atoms with Crippen molar-refractivity contribution < 1.29 is 5.11 Å². The molecule has 0 amide bonds. The van der Waals surface area contributed by atoms with Gasteiger partial charge in [-0.1, -0.05) is 18.1 Å². The van der Waals surface area contributed by atoms with Crippen LogP contribution in [0.1, 0.15) is 19.2 Å². The number of fused-ring (bicyclic) bond motifs is 1. The summed E-state index contributed by atoms with van der Waals surface area (Å²) in [6, 6.07) is 8.12. The fourth-order valence-corrected chi connectivity index (χ4v) is 1.90. The first-order valence-electron chi connectivity index (χ1n) is 5.87. The van der Waals surface area contributed by atoms with E-state index in [0.29, 0.717) is 12.8 Å². The van der Waals surface area contributed by atoms with Crippen LogP contribution in [-0.2, 0) is 13.0 Å². The van der Waals surface area contributed by atoms with E-state index < -0.39 is 0 Å². The summed E-state index contributed by atoms with van der Waals surface area (Å²) in [5, 5.41) is 8.66. The van der Waals surface area contributed by atoms with E-state index in [0.717, 1.165) is 23.4 Å². The molecular weight excluding hydrogens is 212 g/mol. The van der Waals surface area contributed by atoms with Crippen LogP contribution in [0.4, 0.5) is 0 Å². The molecule has 2 rings (SSSR count). The first-order valence-corrected chi connectivity index (χ1v) is 5.87. The standard InChI is InChI=1S/C14H16N2O/c1-2-16-13-9-6-5-8-12(13)15-14(16)10-4-3-7-11-17/h5-6,8-9,17H,2,7,10-11H2,1H3. The molecule has 88 valence electrons. The van der Waals surface area contributed by atoms with Crippen LogP contribution >= 0.6 is 0 Å². The van der Waals surface area contributed by atoms with Gasteiger partial charge in [-0.05, 0) is 19.1 Å². The lowest BCUT2D eigenvalue weighted by molar-refractivity contribution is 0.305. The minimum absolute atomic E-state index is 0.122. The predicted molar refractivity (Wildman–Crippen MR) is 68.6 cm³/mol. The van der Waals surface area contributed by atoms with Gasteiger partial charge in [-0.25, -0.2) is 4.98 Å². The Hall–Kier alpha value is -1.79. The number of aryl methyl sites for hydroxylation is 1. The fourth-order valence-electron chi connectivity index (χ4n) is 1.90. The van der Waals surface area contributed by atoms with Gasteiger partial charge in [0.15, 0.2) is 0 Å². The van der Waals surface area contributed by atoms with E-state index in [1.807, 2.05) is 18.2 Å². The number of hydrogen-bond acceptors (Lipinski definition) is 2. The number of para-hydroxylation sites is 2. The summed E-state index contributed by atoms with van der Waals surface area (Å²) in [7, 11) is 0. The molecule has 1 heterocycles. The van der Waals surface area contributed by atoms with Gasteiger partial charge in [0.1, 0.15) is 5.82 Å². The van der Waals surface area contributed by atoms with Gasteiger partial charge in [0.2, 0.25) is 0 Å². The highest BCUT2D eigenvalue weighted by Crippen LogP contribution is 2.15. The molecule has 0 saturated carbocycles. The second-order valence-corrected chi connectivity index (χ2v) is 3.76. The Balaban J connectivity index is 2.31. The Morgan fingerprint density at radius 1 is 1.29 bits per heavy atom. The number of aliphatic hydroxyl groups excluding tert-OH is 1. The number of benzene rings is 1. The largest absolute Gasteiger partial charge is 0.395 e. The average Bonchev–Trinajstić information content (AvgIpc) is 2.72. The summed E-state index contributed by atoms with van der Waals surface area (Å²) in [6.07, 6.45) is 1.18. The number of imidazole rings is 1. The van der Waals surface area contributed by atoms with E-state index in [1.165, 1.54) is 0 Å². The van der Waals surface area contributed by atoms with Gasteiger partial charge in [0.25, 0.3) is 0 Å². The molecule has 0 spiro atoms. The molecule has 0 aliphatic carbocycles. The van der Waals surface area contributed by atoms with Gasteiger partial charge in [-0.2, -0.15) is 0 Å². The highest BCUT2D eigenvalue weighted by molar-refractivity contribution is 5.75. The Morgan fingerprint density at radius 3 is 2.88 bits per heavy atom. The van der Waals surface area contributed by atoms with Crippen molar-refractivity contribution in [2.24, 2.45) is 0 Å². The van der Waals surface area contributed by atoms with Crippen molar-refractivity contribution in [1.82, 2.24) is 9.55 Å². The molecule has 0 aliphatic rings. The summed E-state index contributed by atoms with van der Waals surface area (Å²) >= 11 is 0. The molecular formula is C14H16N2O. The van der Waals surface area contributed by atoms with Crippen LogP contribution in [0.25, 0.3) is 11.0 Å². The summed E-state index contributed by atoms with van der Waals surface area (Å²) in [5.74, 6) is 6.97. The molecule has 0 unspecified atom stereocenters. The topological polar surface area (TPSA) is 38.0 Å². The predicted octanol–water partition coefficient (Wildman–Crippen LogP) is 1.98. The maximum atomic E-state index is 8.66. The third kappa shape index (κ3) is 2.48. The molecule has 0 radical (unpaired) electrons. The lowest BCUT2D eigenvalue weighted by Gasteiger charge is -2.02. The van der Waals surface area contributed by atoms with E-state index >= 15 is 0 Å².